The standard InChI is InChI=1S/C12H15BrClNO.ClH/c13-8-4-5-10(14)9(6-8)11(15)12(16)7-2-1-3-7;/h4-7,11-12,16H,1-3,15H2;1H/t11-,12+;/m1./s1. The van der Waals surface area contributed by atoms with Crippen LogP contribution in [0.4, 0.5) is 0 Å². The highest BCUT2D eigenvalue weighted by Crippen LogP contribution is 2.36. The first-order valence-corrected chi connectivity index (χ1v) is 6.65. The Morgan fingerprint density at radius 3 is 2.59 bits per heavy atom. The molecule has 0 spiro atoms. The van der Waals surface area contributed by atoms with Gasteiger partial charge in [0.25, 0.3) is 0 Å². The number of benzene rings is 1. The summed E-state index contributed by atoms with van der Waals surface area (Å²) in [6.07, 6.45) is 2.85. The molecule has 1 aromatic rings. The molecule has 5 heteroatoms. The summed E-state index contributed by atoms with van der Waals surface area (Å²) in [5, 5.41) is 10.7. The summed E-state index contributed by atoms with van der Waals surface area (Å²) in [6, 6.07) is 5.16. The van der Waals surface area contributed by atoms with E-state index in [0.29, 0.717) is 10.9 Å². The summed E-state index contributed by atoms with van der Waals surface area (Å²) in [4.78, 5) is 0. The number of nitrogens with two attached hydrogens (primary N) is 1. The minimum atomic E-state index is -0.486. The molecule has 0 heterocycles. The molecule has 0 radical (unpaired) electrons. The summed E-state index contributed by atoms with van der Waals surface area (Å²) >= 11 is 9.48. The molecule has 96 valence electrons. The third-order valence-electron chi connectivity index (χ3n) is 3.32. The molecule has 17 heavy (non-hydrogen) atoms. The lowest BCUT2D eigenvalue weighted by molar-refractivity contribution is 0.0414. The van der Waals surface area contributed by atoms with E-state index in [1.807, 2.05) is 12.1 Å². The third kappa shape index (κ3) is 3.36. The molecule has 2 atom stereocenters. The zero-order valence-corrected chi connectivity index (χ0v) is 12.4. The van der Waals surface area contributed by atoms with E-state index < -0.39 is 12.1 Å². The van der Waals surface area contributed by atoms with Gasteiger partial charge in [0.15, 0.2) is 0 Å². The number of rotatable bonds is 3. The first-order valence-electron chi connectivity index (χ1n) is 5.48. The van der Waals surface area contributed by atoms with Crippen molar-refractivity contribution in [2.75, 3.05) is 0 Å². The van der Waals surface area contributed by atoms with Gasteiger partial charge in [0.05, 0.1) is 12.1 Å². The number of aliphatic hydroxyl groups is 1. The number of hydrogen-bond donors (Lipinski definition) is 2. The van der Waals surface area contributed by atoms with Gasteiger partial charge in [-0.2, -0.15) is 0 Å². The molecule has 1 aromatic carbocycles. The Kier molecular flexibility index (Phi) is 5.74. The fourth-order valence-electron chi connectivity index (χ4n) is 2.03. The van der Waals surface area contributed by atoms with Crippen LogP contribution in [-0.4, -0.2) is 11.2 Å². The summed E-state index contributed by atoms with van der Waals surface area (Å²) < 4.78 is 0.933. The van der Waals surface area contributed by atoms with E-state index >= 15 is 0 Å². The van der Waals surface area contributed by atoms with Gasteiger partial charge in [-0.1, -0.05) is 34.0 Å². The highest BCUT2D eigenvalue weighted by atomic mass is 79.9. The molecule has 2 nitrogen and oxygen atoms in total. The van der Waals surface area contributed by atoms with Gasteiger partial charge < -0.3 is 10.8 Å². The van der Waals surface area contributed by atoms with E-state index in [1.54, 1.807) is 6.07 Å². The summed E-state index contributed by atoms with van der Waals surface area (Å²) in [6.45, 7) is 0. The zero-order valence-electron chi connectivity index (χ0n) is 9.27. The molecule has 0 aromatic heterocycles. The summed E-state index contributed by atoms with van der Waals surface area (Å²) in [5.74, 6) is 0.338. The molecule has 0 aliphatic heterocycles. The largest absolute Gasteiger partial charge is 0.391 e. The average molecular weight is 341 g/mol. The Hall–Kier alpha value is 0.200. The van der Waals surface area contributed by atoms with Crippen LogP contribution in [0.25, 0.3) is 0 Å². The van der Waals surface area contributed by atoms with Crippen molar-refractivity contribution in [2.24, 2.45) is 11.7 Å². The molecule has 3 N–H and O–H groups in total. The van der Waals surface area contributed by atoms with Gasteiger partial charge in [-0.05, 0) is 42.5 Å². The average Bonchev–Trinajstić information content (AvgIpc) is 2.18. The Balaban J connectivity index is 0.00000144. The first kappa shape index (κ1) is 15.3. The van der Waals surface area contributed by atoms with Gasteiger partial charge >= 0.3 is 0 Å². The quantitative estimate of drug-likeness (QED) is 0.881. The predicted molar refractivity (Wildman–Crippen MR) is 76.7 cm³/mol. The van der Waals surface area contributed by atoms with Crippen molar-refractivity contribution in [1.29, 1.82) is 0 Å². The van der Waals surface area contributed by atoms with Crippen molar-refractivity contribution >= 4 is 39.9 Å². The van der Waals surface area contributed by atoms with Crippen LogP contribution >= 0.6 is 39.9 Å². The molecule has 1 aliphatic carbocycles. The highest BCUT2D eigenvalue weighted by molar-refractivity contribution is 9.10. The van der Waals surface area contributed by atoms with Gasteiger partial charge in [-0.3, -0.25) is 0 Å². The van der Waals surface area contributed by atoms with E-state index in [0.717, 1.165) is 22.9 Å². The lowest BCUT2D eigenvalue weighted by Crippen LogP contribution is -2.36. The second-order valence-electron chi connectivity index (χ2n) is 4.37. The van der Waals surface area contributed by atoms with Crippen LogP contribution in [0.2, 0.25) is 5.02 Å². The fraction of sp³-hybridized carbons (Fsp3) is 0.500. The van der Waals surface area contributed by atoms with Crippen LogP contribution in [0.5, 0.6) is 0 Å². The SMILES string of the molecule is Cl.N[C@H](c1cc(Br)ccc1Cl)[C@@H](O)C1CCC1. The van der Waals surface area contributed by atoms with E-state index in [-0.39, 0.29) is 12.4 Å². The smallest absolute Gasteiger partial charge is 0.0761 e. The fourth-order valence-corrected chi connectivity index (χ4v) is 2.65. The van der Waals surface area contributed by atoms with Crippen molar-refractivity contribution in [1.82, 2.24) is 0 Å². The molecular weight excluding hydrogens is 325 g/mol. The lowest BCUT2D eigenvalue weighted by atomic mass is 9.77. The van der Waals surface area contributed by atoms with Gasteiger partial charge in [0.1, 0.15) is 0 Å². The Morgan fingerprint density at radius 1 is 1.41 bits per heavy atom. The normalized spacial score (nSPS) is 19.1. The molecule has 1 saturated carbocycles. The number of halogens is 3. The van der Waals surface area contributed by atoms with Crippen molar-refractivity contribution in [2.45, 2.75) is 31.4 Å². The molecule has 1 aliphatic rings. The Labute approximate surface area is 121 Å². The van der Waals surface area contributed by atoms with Crippen LogP contribution in [0.15, 0.2) is 22.7 Å². The van der Waals surface area contributed by atoms with Crippen molar-refractivity contribution in [3.05, 3.63) is 33.3 Å². The lowest BCUT2D eigenvalue weighted by Gasteiger charge is -2.34. The molecule has 0 unspecified atom stereocenters. The van der Waals surface area contributed by atoms with E-state index in [1.165, 1.54) is 6.42 Å². The third-order valence-corrected chi connectivity index (χ3v) is 4.16. The van der Waals surface area contributed by atoms with Crippen LogP contribution in [0, 0.1) is 5.92 Å². The van der Waals surface area contributed by atoms with E-state index in [2.05, 4.69) is 15.9 Å². The number of aliphatic hydroxyl groups excluding tert-OH is 1. The van der Waals surface area contributed by atoms with Gasteiger partial charge in [0, 0.05) is 9.50 Å². The second kappa shape index (κ2) is 6.39. The Bertz CT molecular complexity index is 385. The van der Waals surface area contributed by atoms with Crippen LogP contribution in [-0.2, 0) is 0 Å². The van der Waals surface area contributed by atoms with Gasteiger partial charge in [-0.15, -0.1) is 12.4 Å². The van der Waals surface area contributed by atoms with Crippen LogP contribution in [0.3, 0.4) is 0 Å². The first-order chi connectivity index (χ1) is 7.59. The minimum absolute atomic E-state index is 0. The second-order valence-corrected chi connectivity index (χ2v) is 5.70. The topological polar surface area (TPSA) is 46.2 Å². The maximum Gasteiger partial charge on any atom is 0.0761 e. The summed E-state index contributed by atoms with van der Waals surface area (Å²) in [5.41, 5.74) is 6.88. The zero-order chi connectivity index (χ0) is 11.7. The highest BCUT2D eigenvalue weighted by Gasteiger charge is 2.31. The van der Waals surface area contributed by atoms with Crippen molar-refractivity contribution in [3.8, 4) is 0 Å². The minimum Gasteiger partial charge on any atom is -0.391 e. The molecule has 0 saturated heterocycles. The molecular formula is C12H16BrCl2NO. The molecule has 0 bridgehead atoms. The Morgan fingerprint density at radius 2 is 2.06 bits per heavy atom. The van der Waals surface area contributed by atoms with Crippen molar-refractivity contribution in [3.63, 3.8) is 0 Å². The van der Waals surface area contributed by atoms with Gasteiger partial charge in [0.2, 0.25) is 0 Å². The molecule has 1 fully saturated rings. The monoisotopic (exact) mass is 339 g/mol. The molecule has 0 amide bonds. The number of hydrogen-bond acceptors (Lipinski definition) is 2. The van der Waals surface area contributed by atoms with Crippen molar-refractivity contribution < 1.29 is 5.11 Å². The molecule has 2 rings (SSSR count). The van der Waals surface area contributed by atoms with E-state index in [9.17, 15) is 5.11 Å². The summed E-state index contributed by atoms with van der Waals surface area (Å²) in [7, 11) is 0. The predicted octanol–water partition coefficient (Wildman–Crippen LogP) is 3.69. The maximum absolute atomic E-state index is 10.1. The van der Waals surface area contributed by atoms with Crippen LogP contribution in [0.1, 0.15) is 30.9 Å². The van der Waals surface area contributed by atoms with E-state index in [4.69, 9.17) is 17.3 Å². The van der Waals surface area contributed by atoms with Crippen LogP contribution < -0.4 is 5.73 Å². The maximum atomic E-state index is 10.1. The van der Waals surface area contributed by atoms with Gasteiger partial charge in [-0.25, -0.2) is 0 Å².